The maximum absolute atomic E-state index is 13.5. The molecule has 0 saturated carbocycles. The monoisotopic (exact) mass is 281 g/mol. The minimum Gasteiger partial charge on any atom is -0.505 e. The van der Waals surface area contributed by atoms with Crippen molar-refractivity contribution in [1.29, 1.82) is 0 Å². The zero-order chi connectivity index (χ0) is 14.9. The lowest BCUT2D eigenvalue weighted by Crippen LogP contribution is -2.14. The molecule has 3 nitrogen and oxygen atoms in total. The van der Waals surface area contributed by atoms with E-state index in [2.05, 4.69) is 5.32 Å². The van der Waals surface area contributed by atoms with Crippen LogP contribution in [0.5, 0.6) is 5.75 Å². The average Bonchev–Trinajstić information content (AvgIpc) is 2.38. The Kier molecular flexibility index (Phi) is 3.65. The van der Waals surface area contributed by atoms with Crippen LogP contribution in [0.2, 0.25) is 0 Å². The van der Waals surface area contributed by atoms with E-state index in [1.54, 1.807) is 0 Å². The number of hydrogen-bond acceptors (Lipinski definition) is 2. The van der Waals surface area contributed by atoms with Crippen molar-refractivity contribution < 1.29 is 23.1 Å². The van der Waals surface area contributed by atoms with Gasteiger partial charge in [0.15, 0.2) is 11.6 Å². The lowest BCUT2D eigenvalue weighted by molar-refractivity contribution is 0.102. The van der Waals surface area contributed by atoms with E-state index in [4.69, 9.17) is 5.11 Å². The van der Waals surface area contributed by atoms with E-state index in [1.165, 1.54) is 13.0 Å². The molecule has 0 aliphatic rings. The fourth-order valence-electron chi connectivity index (χ4n) is 1.61. The van der Waals surface area contributed by atoms with Gasteiger partial charge in [0.25, 0.3) is 5.91 Å². The molecule has 0 atom stereocenters. The van der Waals surface area contributed by atoms with Gasteiger partial charge >= 0.3 is 0 Å². The summed E-state index contributed by atoms with van der Waals surface area (Å²) in [4.78, 5) is 11.8. The molecule has 2 rings (SSSR count). The third kappa shape index (κ3) is 2.74. The average molecular weight is 281 g/mol. The van der Waals surface area contributed by atoms with E-state index in [1.807, 2.05) is 0 Å². The molecule has 2 N–H and O–H groups in total. The lowest BCUT2D eigenvalue weighted by Gasteiger charge is -2.08. The topological polar surface area (TPSA) is 49.3 Å². The summed E-state index contributed by atoms with van der Waals surface area (Å²) in [5.74, 6) is -4.08. The fraction of sp³-hybridized carbons (Fsp3) is 0.0714. The highest BCUT2D eigenvalue weighted by atomic mass is 19.1. The van der Waals surface area contributed by atoms with Crippen LogP contribution in [-0.4, -0.2) is 11.0 Å². The minimum atomic E-state index is -1.01. The summed E-state index contributed by atoms with van der Waals surface area (Å²) in [5.41, 5.74) is -0.183. The Bertz CT molecular complexity index is 686. The van der Waals surface area contributed by atoms with Gasteiger partial charge in [-0.25, -0.2) is 13.2 Å². The Balaban J connectivity index is 2.28. The van der Waals surface area contributed by atoms with Crippen molar-refractivity contribution in [3.63, 3.8) is 0 Å². The molecule has 0 fully saturated rings. The van der Waals surface area contributed by atoms with Crippen LogP contribution in [0.4, 0.5) is 18.9 Å². The molecule has 0 aromatic heterocycles. The van der Waals surface area contributed by atoms with Crippen LogP contribution in [0.1, 0.15) is 15.9 Å². The molecule has 0 heterocycles. The number of amides is 1. The van der Waals surface area contributed by atoms with Gasteiger partial charge in [0.05, 0.1) is 5.56 Å². The van der Waals surface area contributed by atoms with Crippen molar-refractivity contribution in [3.8, 4) is 5.75 Å². The van der Waals surface area contributed by atoms with Crippen LogP contribution in [-0.2, 0) is 0 Å². The Labute approximate surface area is 112 Å². The SMILES string of the molecule is Cc1cc(C(=O)Nc2ccc(O)c(F)c2)c(F)cc1F. The second-order valence-corrected chi connectivity index (χ2v) is 4.20. The van der Waals surface area contributed by atoms with Gasteiger partial charge in [-0.1, -0.05) is 0 Å². The number of aromatic hydroxyl groups is 1. The van der Waals surface area contributed by atoms with Gasteiger partial charge in [-0.3, -0.25) is 4.79 Å². The summed E-state index contributed by atoms with van der Waals surface area (Å²) in [6, 6.07) is 4.88. The summed E-state index contributed by atoms with van der Waals surface area (Å²) in [7, 11) is 0. The van der Waals surface area contributed by atoms with Gasteiger partial charge in [0.2, 0.25) is 0 Å². The lowest BCUT2D eigenvalue weighted by atomic mass is 10.1. The first-order chi connectivity index (χ1) is 9.38. The smallest absolute Gasteiger partial charge is 0.258 e. The third-order valence-corrected chi connectivity index (χ3v) is 2.70. The number of hydrogen-bond donors (Lipinski definition) is 2. The number of carbonyl (C=O) groups is 1. The number of aryl methyl sites for hydroxylation is 1. The molecule has 2 aromatic rings. The highest BCUT2D eigenvalue weighted by molar-refractivity contribution is 6.04. The van der Waals surface area contributed by atoms with Crippen molar-refractivity contribution in [2.75, 3.05) is 5.32 Å². The molecule has 0 unspecified atom stereocenters. The summed E-state index contributed by atoms with van der Waals surface area (Å²) in [5, 5.41) is 11.3. The first kappa shape index (κ1) is 13.9. The van der Waals surface area contributed by atoms with Gasteiger partial charge < -0.3 is 10.4 Å². The predicted octanol–water partition coefficient (Wildman–Crippen LogP) is 3.37. The maximum Gasteiger partial charge on any atom is 0.258 e. The standard InChI is InChI=1S/C14H10F3NO2/c1-7-4-9(11(16)6-10(7)15)14(20)18-8-2-3-13(19)12(17)5-8/h2-6,19H,1H3,(H,18,20). The second-order valence-electron chi connectivity index (χ2n) is 4.20. The Morgan fingerprint density at radius 2 is 1.75 bits per heavy atom. The molecule has 0 aliphatic heterocycles. The highest BCUT2D eigenvalue weighted by Crippen LogP contribution is 2.21. The summed E-state index contributed by atoms with van der Waals surface area (Å²) in [6.45, 7) is 1.39. The zero-order valence-electron chi connectivity index (χ0n) is 10.4. The van der Waals surface area contributed by atoms with E-state index in [0.29, 0.717) is 6.07 Å². The minimum absolute atomic E-state index is 0.0479. The second kappa shape index (κ2) is 5.24. The van der Waals surface area contributed by atoms with Crippen LogP contribution in [0.25, 0.3) is 0 Å². The van der Waals surface area contributed by atoms with Crippen molar-refractivity contribution in [2.45, 2.75) is 6.92 Å². The first-order valence-corrected chi connectivity index (χ1v) is 5.64. The summed E-state index contributed by atoms with van der Waals surface area (Å²) < 4.78 is 39.7. The molecule has 20 heavy (non-hydrogen) atoms. The molecule has 0 saturated heterocycles. The van der Waals surface area contributed by atoms with Crippen LogP contribution in [0.15, 0.2) is 30.3 Å². The molecule has 0 bridgehead atoms. The number of phenols is 1. The van der Waals surface area contributed by atoms with Crippen LogP contribution < -0.4 is 5.32 Å². The summed E-state index contributed by atoms with van der Waals surface area (Å²) in [6.07, 6.45) is 0. The van der Waals surface area contributed by atoms with E-state index >= 15 is 0 Å². The maximum atomic E-state index is 13.5. The Morgan fingerprint density at radius 3 is 2.40 bits per heavy atom. The number of benzene rings is 2. The van der Waals surface area contributed by atoms with Crippen molar-refractivity contribution >= 4 is 11.6 Å². The quantitative estimate of drug-likeness (QED) is 0.829. The molecule has 1 amide bonds. The highest BCUT2D eigenvalue weighted by Gasteiger charge is 2.15. The molecule has 2 aromatic carbocycles. The van der Waals surface area contributed by atoms with Crippen LogP contribution >= 0.6 is 0 Å². The first-order valence-electron chi connectivity index (χ1n) is 5.64. The number of phenolic OH excluding ortho intramolecular Hbond substituents is 1. The molecule has 6 heteroatoms. The molecular weight excluding hydrogens is 271 g/mol. The number of anilines is 1. The van der Waals surface area contributed by atoms with Gasteiger partial charge in [-0.05, 0) is 30.7 Å². The van der Waals surface area contributed by atoms with E-state index < -0.39 is 29.1 Å². The largest absolute Gasteiger partial charge is 0.505 e. The Morgan fingerprint density at radius 1 is 1.05 bits per heavy atom. The molecule has 104 valence electrons. The third-order valence-electron chi connectivity index (χ3n) is 2.70. The van der Waals surface area contributed by atoms with Crippen molar-refractivity contribution in [1.82, 2.24) is 0 Å². The Hall–Kier alpha value is -2.50. The fourth-order valence-corrected chi connectivity index (χ4v) is 1.61. The van der Waals surface area contributed by atoms with E-state index in [-0.39, 0.29) is 16.8 Å². The van der Waals surface area contributed by atoms with Crippen molar-refractivity contribution in [3.05, 3.63) is 58.9 Å². The van der Waals surface area contributed by atoms with Gasteiger partial charge in [-0.15, -0.1) is 0 Å². The van der Waals surface area contributed by atoms with Gasteiger partial charge in [-0.2, -0.15) is 0 Å². The van der Waals surface area contributed by atoms with E-state index in [0.717, 1.165) is 18.2 Å². The van der Waals surface area contributed by atoms with E-state index in [9.17, 15) is 18.0 Å². The molecular formula is C14H10F3NO2. The number of nitrogens with one attached hydrogen (secondary N) is 1. The summed E-state index contributed by atoms with van der Waals surface area (Å²) >= 11 is 0. The normalized spacial score (nSPS) is 10.4. The van der Waals surface area contributed by atoms with Crippen LogP contribution in [0, 0.1) is 24.4 Å². The number of rotatable bonds is 2. The molecule has 0 aliphatic carbocycles. The van der Waals surface area contributed by atoms with Crippen LogP contribution in [0.3, 0.4) is 0 Å². The zero-order valence-corrected chi connectivity index (χ0v) is 10.4. The van der Waals surface area contributed by atoms with Gasteiger partial charge in [0.1, 0.15) is 11.6 Å². The number of carbonyl (C=O) groups excluding carboxylic acids is 1. The van der Waals surface area contributed by atoms with Gasteiger partial charge in [0, 0.05) is 17.8 Å². The predicted molar refractivity (Wildman–Crippen MR) is 67.1 cm³/mol. The molecule has 0 radical (unpaired) electrons. The number of halogens is 3. The molecule has 0 spiro atoms. The van der Waals surface area contributed by atoms with Crippen molar-refractivity contribution in [2.24, 2.45) is 0 Å².